The summed E-state index contributed by atoms with van der Waals surface area (Å²) in [5, 5.41) is 12.7. The van der Waals surface area contributed by atoms with Crippen LogP contribution in [0.1, 0.15) is 36.9 Å². The molecule has 3 atom stereocenters. The van der Waals surface area contributed by atoms with Gasteiger partial charge in [0.05, 0.1) is 30.3 Å². The highest BCUT2D eigenvalue weighted by molar-refractivity contribution is 5.89. The molecule has 1 aliphatic rings. The average molecular weight is 288 g/mol. The predicted molar refractivity (Wildman–Crippen MR) is 73.8 cm³/mol. The van der Waals surface area contributed by atoms with E-state index in [1.165, 1.54) is 0 Å². The fourth-order valence-electron chi connectivity index (χ4n) is 2.98. The van der Waals surface area contributed by atoms with Gasteiger partial charge in [-0.05, 0) is 24.3 Å². The zero-order valence-corrected chi connectivity index (χ0v) is 11.5. The summed E-state index contributed by atoms with van der Waals surface area (Å²) in [5.74, 6) is 1.18. The van der Waals surface area contributed by atoms with Crippen LogP contribution >= 0.6 is 0 Å². The Morgan fingerprint density at radius 2 is 1.95 bits per heavy atom. The van der Waals surface area contributed by atoms with Crippen molar-refractivity contribution in [3.8, 4) is 0 Å². The molecule has 2 aromatic heterocycles. The fourth-order valence-corrected chi connectivity index (χ4v) is 2.98. The fraction of sp³-hybridized carbons (Fsp3) is 0.333. The number of nitrogens with zero attached hydrogens (tertiary/aromatic N) is 2. The van der Waals surface area contributed by atoms with Crippen molar-refractivity contribution in [3.63, 3.8) is 0 Å². The van der Waals surface area contributed by atoms with Gasteiger partial charge in [0, 0.05) is 12.3 Å². The van der Waals surface area contributed by atoms with Gasteiger partial charge in [-0.1, -0.05) is 12.1 Å². The van der Waals surface area contributed by atoms with E-state index in [-0.39, 0.29) is 18.0 Å². The van der Waals surface area contributed by atoms with Crippen LogP contribution in [0, 0.1) is 5.92 Å². The molecule has 3 unspecified atom stereocenters. The van der Waals surface area contributed by atoms with Crippen molar-refractivity contribution in [2.75, 3.05) is 0 Å². The number of hydrogen-bond acceptors (Lipinski definition) is 5. The Morgan fingerprint density at radius 3 is 2.48 bits per heavy atom. The Morgan fingerprint density at radius 1 is 1.29 bits per heavy atom. The van der Waals surface area contributed by atoms with Crippen molar-refractivity contribution in [1.82, 2.24) is 4.90 Å². The van der Waals surface area contributed by atoms with Crippen LogP contribution in [-0.2, 0) is 4.79 Å². The van der Waals surface area contributed by atoms with Gasteiger partial charge in [-0.15, -0.1) is 0 Å². The molecule has 0 aliphatic carbocycles. The van der Waals surface area contributed by atoms with Crippen LogP contribution in [0.15, 0.2) is 50.8 Å². The molecule has 0 spiro atoms. The van der Waals surface area contributed by atoms with E-state index >= 15 is 0 Å². The number of rotatable bonds is 3. The Balaban J connectivity index is 2.05. The topological polar surface area (TPSA) is 79.2 Å². The monoisotopic (exact) mass is 288 g/mol. The van der Waals surface area contributed by atoms with Crippen LogP contribution in [0.3, 0.4) is 0 Å². The molecule has 21 heavy (non-hydrogen) atoms. The Hall–Kier alpha value is -2.50. The van der Waals surface area contributed by atoms with Gasteiger partial charge in [-0.3, -0.25) is 4.79 Å². The van der Waals surface area contributed by atoms with E-state index in [2.05, 4.69) is 5.16 Å². The molecule has 1 N–H and O–H groups in total. The molecule has 3 heterocycles. The van der Waals surface area contributed by atoms with Crippen LogP contribution < -0.4 is 0 Å². The SMILES string of the molecule is CC1/C(=N\O)CC(c2ccco2)N(C=O)C1c1ccco1. The molecule has 1 amide bonds. The highest BCUT2D eigenvalue weighted by Crippen LogP contribution is 2.42. The van der Waals surface area contributed by atoms with Crippen molar-refractivity contribution in [3.05, 3.63) is 48.3 Å². The van der Waals surface area contributed by atoms with Crippen LogP contribution in [0.25, 0.3) is 0 Å². The lowest BCUT2D eigenvalue weighted by molar-refractivity contribution is -0.125. The molecular formula is C15H16N2O4. The highest BCUT2D eigenvalue weighted by atomic mass is 16.4. The predicted octanol–water partition coefficient (Wildman–Crippen LogP) is 2.98. The van der Waals surface area contributed by atoms with Gasteiger partial charge in [0.25, 0.3) is 0 Å². The number of likely N-dealkylation sites (tertiary alicyclic amines) is 1. The van der Waals surface area contributed by atoms with Gasteiger partial charge in [-0.2, -0.15) is 0 Å². The van der Waals surface area contributed by atoms with E-state index in [1.807, 2.05) is 19.1 Å². The van der Waals surface area contributed by atoms with E-state index < -0.39 is 0 Å². The van der Waals surface area contributed by atoms with Crippen LogP contribution in [0.2, 0.25) is 0 Å². The zero-order chi connectivity index (χ0) is 14.8. The molecule has 110 valence electrons. The number of hydrogen-bond donors (Lipinski definition) is 1. The lowest BCUT2D eigenvalue weighted by atomic mass is 9.83. The molecule has 1 fully saturated rings. The van der Waals surface area contributed by atoms with Gasteiger partial charge in [0.2, 0.25) is 6.41 Å². The van der Waals surface area contributed by atoms with Gasteiger partial charge < -0.3 is 18.9 Å². The number of furan rings is 2. The molecule has 0 aromatic carbocycles. The maximum atomic E-state index is 11.7. The Bertz CT molecular complexity index is 618. The number of amides is 1. The second-order valence-electron chi connectivity index (χ2n) is 5.13. The Kier molecular flexibility index (Phi) is 3.51. The molecule has 1 saturated heterocycles. The van der Waals surface area contributed by atoms with Crippen molar-refractivity contribution < 1.29 is 18.8 Å². The first kappa shape index (κ1) is 13.5. The summed E-state index contributed by atoms with van der Waals surface area (Å²) in [5.41, 5.74) is 0.621. The van der Waals surface area contributed by atoms with Crippen LogP contribution in [0.4, 0.5) is 0 Å². The largest absolute Gasteiger partial charge is 0.467 e. The van der Waals surface area contributed by atoms with E-state index in [1.54, 1.807) is 29.6 Å². The molecule has 2 aromatic rings. The van der Waals surface area contributed by atoms with Crippen molar-refractivity contribution in [1.29, 1.82) is 0 Å². The second-order valence-corrected chi connectivity index (χ2v) is 5.13. The smallest absolute Gasteiger partial charge is 0.210 e. The highest BCUT2D eigenvalue weighted by Gasteiger charge is 2.42. The van der Waals surface area contributed by atoms with Crippen LogP contribution in [0.5, 0.6) is 0 Å². The zero-order valence-electron chi connectivity index (χ0n) is 11.5. The van der Waals surface area contributed by atoms with Crippen molar-refractivity contribution in [2.24, 2.45) is 11.1 Å². The maximum absolute atomic E-state index is 11.7. The number of carbonyl (C=O) groups is 1. The molecule has 0 bridgehead atoms. The lowest BCUT2D eigenvalue weighted by Gasteiger charge is -2.41. The first-order valence-corrected chi connectivity index (χ1v) is 6.76. The Labute approximate surface area is 121 Å². The molecule has 1 aliphatic heterocycles. The summed E-state index contributed by atoms with van der Waals surface area (Å²) < 4.78 is 10.9. The molecule has 0 radical (unpaired) electrons. The number of oxime groups is 1. The summed E-state index contributed by atoms with van der Waals surface area (Å²) in [6.45, 7) is 1.91. The van der Waals surface area contributed by atoms with Crippen LogP contribution in [-0.4, -0.2) is 22.2 Å². The minimum absolute atomic E-state index is 0.141. The van der Waals surface area contributed by atoms with Crippen molar-refractivity contribution in [2.45, 2.75) is 25.4 Å². The maximum Gasteiger partial charge on any atom is 0.210 e. The number of piperidine rings is 1. The second kappa shape index (κ2) is 5.47. The first-order valence-electron chi connectivity index (χ1n) is 6.76. The summed E-state index contributed by atoms with van der Waals surface area (Å²) in [4.78, 5) is 13.3. The molecular weight excluding hydrogens is 272 g/mol. The normalized spacial score (nSPS) is 28.0. The van der Waals surface area contributed by atoms with E-state index in [4.69, 9.17) is 8.83 Å². The van der Waals surface area contributed by atoms with Gasteiger partial charge in [-0.25, -0.2) is 0 Å². The summed E-state index contributed by atoms with van der Waals surface area (Å²) in [7, 11) is 0. The van der Waals surface area contributed by atoms with E-state index in [0.717, 1.165) is 6.41 Å². The summed E-state index contributed by atoms with van der Waals surface area (Å²) in [6.07, 6.45) is 4.36. The summed E-state index contributed by atoms with van der Waals surface area (Å²) in [6, 6.07) is 6.54. The number of carbonyl (C=O) groups excluding carboxylic acids is 1. The third-order valence-electron chi connectivity index (χ3n) is 4.04. The van der Waals surface area contributed by atoms with E-state index in [0.29, 0.717) is 23.7 Å². The van der Waals surface area contributed by atoms with Gasteiger partial charge in [0.1, 0.15) is 11.5 Å². The minimum atomic E-state index is -0.327. The van der Waals surface area contributed by atoms with Gasteiger partial charge in [0.15, 0.2) is 0 Å². The summed E-state index contributed by atoms with van der Waals surface area (Å²) >= 11 is 0. The third kappa shape index (κ3) is 2.22. The van der Waals surface area contributed by atoms with Gasteiger partial charge >= 0.3 is 0 Å². The first-order chi connectivity index (χ1) is 10.3. The standard InChI is InChI=1S/C15H16N2O4/c1-10-11(16-19)8-12(13-4-2-6-20-13)17(9-18)15(10)14-5-3-7-21-14/h2-7,9-10,12,15,19H,8H2,1H3/b16-11-. The lowest BCUT2D eigenvalue weighted by Crippen LogP contribution is -2.43. The molecule has 3 rings (SSSR count). The molecule has 6 heteroatoms. The third-order valence-corrected chi connectivity index (χ3v) is 4.04. The minimum Gasteiger partial charge on any atom is -0.467 e. The quantitative estimate of drug-likeness (QED) is 0.535. The average Bonchev–Trinajstić information content (AvgIpc) is 3.19. The van der Waals surface area contributed by atoms with E-state index in [9.17, 15) is 10.0 Å². The molecule has 6 nitrogen and oxygen atoms in total. The molecule has 0 saturated carbocycles. The van der Waals surface area contributed by atoms with Crippen molar-refractivity contribution >= 4 is 12.1 Å².